The summed E-state index contributed by atoms with van der Waals surface area (Å²) in [7, 11) is 0. The van der Waals surface area contributed by atoms with Crippen molar-refractivity contribution in [3.05, 3.63) is 33.8 Å². The number of nitrogens with one attached hydrogen (secondary N) is 2. The average Bonchev–Trinajstić information content (AvgIpc) is 2.60. The van der Waals surface area contributed by atoms with E-state index in [9.17, 15) is 14.4 Å². The molecule has 0 saturated heterocycles. The molecule has 0 aliphatic heterocycles. The minimum atomic E-state index is -0.916. The molecule has 1 atom stereocenters. The van der Waals surface area contributed by atoms with Gasteiger partial charge in [0.15, 0.2) is 6.10 Å². The van der Waals surface area contributed by atoms with E-state index in [0.717, 1.165) is 25.7 Å². The first kappa shape index (κ1) is 20.5. The lowest BCUT2D eigenvalue weighted by atomic mass is 9.95. The summed E-state index contributed by atoms with van der Waals surface area (Å²) in [6.07, 6.45) is 4.36. The van der Waals surface area contributed by atoms with Gasteiger partial charge < -0.3 is 15.4 Å². The third-order valence-electron chi connectivity index (χ3n) is 4.20. The third-order valence-corrected chi connectivity index (χ3v) is 4.75. The quantitative estimate of drug-likeness (QED) is 0.718. The Morgan fingerprint density at radius 2 is 1.88 bits per heavy atom. The molecule has 1 saturated carbocycles. The highest BCUT2D eigenvalue weighted by Crippen LogP contribution is 2.20. The molecule has 0 spiro atoms. The summed E-state index contributed by atoms with van der Waals surface area (Å²) in [6, 6.07) is 4.57. The van der Waals surface area contributed by atoms with Crippen LogP contribution >= 0.6 is 23.2 Å². The zero-order valence-corrected chi connectivity index (χ0v) is 16.0. The van der Waals surface area contributed by atoms with Crippen molar-refractivity contribution >= 4 is 41.0 Å². The SMILES string of the molecule is CC(OC(=O)CNC(=O)c1ccc(Cl)cc1Cl)C(=O)NC1CCCCC1. The Hall–Kier alpha value is -1.79. The maximum Gasteiger partial charge on any atom is 0.326 e. The summed E-state index contributed by atoms with van der Waals surface area (Å²) in [5.41, 5.74) is 0.201. The standard InChI is InChI=1S/C18H22Cl2N2O4/c1-11(17(24)22-13-5-3-2-4-6-13)26-16(23)10-21-18(25)14-8-7-12(19)9-15(14)20/h7-9,11,13H,2-6,10H2,1H3,(H,21,25)(H,22,24). The van der Waals surface area contributed by atoms with Gasteiger partial charge in [-0.1, -0.05) is 42.5 Å². The van der Waals surface area contributed by atoms with Crippen LogP contribution in [-0.4, -0.2) is 36.5 Å². The fraction of sp³-hybridized carbons (Fsp3) is 0.500. The molecule has 1 fully saturated rings. The number of carbonyl (C=O) groups excluding carboxylic acids is 3. The highest BCUT2D eigenvalue weighted by Gasteiger charge is 2.22. The first-order chi connectivity index (χ1) is 12.4. The molecular formula is C18H22Cl2N2O4. The zero-order valence-electron chi connectivity index (χ0n) is 14.5. The zero-order chi connectivity index (χ0) is 19.1. The van der Waals surface area contributed by atoms with Gasteiger partial charge in [-0.25, -0.2) is 0 Å². The molecule has 0 bridgehead atoms. The average molecular weight is 401 g/mol. The Morgan fingerprint density at radius 1 is 1.19 bits per heavy atom. The molecule has 2 N–H and O–H groups in total. The van der Waals surface area contributed by atoms with E-state index in [1.165, 1.54) is 31.5 Å². The molecule has 142 valence electrons. The van der Waals surface area contributed by atoms with Crippen LogP contribution in [0.1, 0.15) is 49.4 Å². The van der Waals surface area contributed by atoms with Gasteiger partial charge in [0.25, 0.3) is 11.8 Å². The van der Waals surface area contributed by atoms with Crippen molar-refractivity contribution in [1.82, 2.24) is 10.6 Å². The van der Waals surface area contributed by atoms with Crippen LogP contribution in [0.4, 0.5) is 0 Å². The van der Waals surface area contributed by atoms with Crippen molar-refractivity contribution in [3.8, 4) is 0 Å². The summed E-state index contributed by atoms with van der Waals surface area (Å²) in [5, 5.41) is 5.90. The van der Waals surface area contributed by atoms with E-state index in [1.807, 2.05) is 0 Å². The fourth-order valence-corrected chi connectivity index (χ4v) is 3.27. The van der Waals surface area contributed by atoms with E-state index >= 15 is 0 Å². The summed E-state index contributed by atoms with van der Waals surface area (Å²) >= 11 is 11.7. The highest BCUT2D eigenvalue weighted by atomic mass is 35.5. The van der Waals surface area contributed by atoms with Crippen LogP contribution in [-0.2, 0) is 14.3 Å². The minimum Gasteiger partial charge on any atom is -0.451 e. The fourth-order valence-electron chi connectivity index (χ4n) is 2.78. The Kier molecular flexibility index (Phi) is 7.72. The summed E-state index contributed by atoms with van der Waals surface area (Å²) in [4.78, 5) is 36.0. The van der Waals surface area contributed by atoms with Crippen molar-refractivity contribution in [3.63, 3.8) is 0 Å². The van der Waals surface area contributed by atoms with E-state index in [-0.39, 0.29) is 29.1 Å². The number of hydrogen-bond acceptors (Lipinski definition) is 4. The number of halogens is 2. The lowest BCUT2D eigenvalue weighted by molar-refractivity contribution is -0.154. The van der Waals surface area contributed by atoms with Crippen LogP contribution in [0.5, 0.6) is 0 Å². The maximum atomic E-state index is 12.1. The first-order valence-corrected chi connectivity index (χ1v) is 9.35. The van der Waals surface area contributed by atoms with Gasteiger partial charge in [-0.15, -0.1) is 0 Å². The largest absolute Gasteiger partial charge is 0.451 e. The number of amides is 2. The minimum absolute atomic E-state index is 0.143. The van der Waals surface area contributed by atoms with E-state index in [4.69, 9.17) is 27.9 Å². The number of esters is 1. The van der Waals surface area contributed by atoms with Gasteiger partial charge in [-0.2, -0.15) is 0 Å². The predicted octanol–water partition coefficient (Wildman–Crippen LogP) is 3.10. The maximum absolute atomic E-state index is 12.1. The molecule has 0 heterocycles. The van der Waals surface area contributed by atoms with Gasteiger partial charge >= 0.3 is 5.97 Å². The molecule has 2 rings (SSSR count). The van der Waals surface area contributed by atoms with Crippen LogP contribution in [0, 0.1) is 0 Å². The monoisotopic (exact) mass is 400 g/mol. The van der Waals surface area contributed by atoms with Gasteiger partial charge in [-0.05, 0) is 38.0 Å². The third kappa shape index (κ3) is 6.18. The Bertz CT molecular complexity index is 675. The number of benzene rings is 1. The van der Waals surface area contributed by atoms with Crippen LogP contribution in [0.15, 0.2) is 18.2 Å². The molecule has 6 nitrogen and oxygen atoms in total. The molecule has 1 aromatic rings. The molecular weight excluding hydrogens is 379 g/mol. The van der Waals surface area contributed by atoms with Crippen LogP contribution in [0.3, 0.4) is 0 Å². The van der Waals surface area contributed by atoms with Gasteiger partial charge in [0.1, 0.15) is 6.54 Å². The van der Waals surface area contributed by atoms with E-state index in [1.54, 1.807) is 0 Å². The molecule has 1 aliphatic carbocycles. The number of rotatable bonds is 6. The Balaban J connectivity index is 1.76. The molecule has 1 unspecified atom stereocenters. The number of carbonyl (C=O) groups is 3. The number of ether oxygens (including phenoxy) is 1. The molecule has 1 aromatic carbocycles. The van der Waals surface area contributed by atoms with Crippen molar-refractivity contribution < 1.29 is 19.1 Å². The van der Waals surface area contributed by atoms with E-state index in [2.05, 4.69) is 10.6 Å². The second-order valence-electron chi connectivity index (χ2n) is 6.28. The van der Waals surface area contributed by atoms with E-state index in [0.29, 0.717) is 5.02 Å². The number of hydrogen-bond donors (Lipinski definition) is 2. The lowest BCUT2D eigenvalue weighted by Crippen LogP contribution is -2.43. The van der Waals surface area contributed by atoms with Crippen LogP contribution in [0.25, 0.3) is 0 Å². The van der Waals surface area contributed by atoms with Crippen molar-refractivity contribution in [2.45, 2.75) is 51.2 Å². The molecule has 0 aromatic heterocycles. The van der Waals surface area contributed by atoms with Gasteiger partial charge in [0, 0.05) is 11.1 Å². The Morgan fingerprint density at radius 3 is 2.54 bits per heavy atom. The second kappa shape index (κ2) is 9.78. The summed E-state index contributed by atoms with van der Waals surface area (Å²) in [6.45, 7) is 1.15. The summed E-state index contributed by atoms with van der Waals surface area (Å²) in [5.74, 6) is -1.55. The molecule has 0 radical (unpaired) electrons. The Labute approximate surface area is 162 Å². The normalized spacial score (nSPS) is 15.8. The second-order valence-corrected chi connectivity index (χ2v) is 7.13. The highest BCUT2D eigenvalue weighted by molar-refractivity contribution is 6.36. The van der Waals surface area contributed by atoms with Gasteiger partial charge in [-0.3, -0.25) is 14.4 Å². The van der Waals surface area contributed by atoms with Crippen molar-refractivity contribution in [2.75, 3.05) is 6.54 Å². The predicted molar refractivity (Wildman–Crippen MR) is 99.4 cm³/mol. The molecule has 8 heteroatoms. The van der Waals surface area contributed by atoms with Crippen LogP contribution in [0.2, 0.25) is 10.0 Å². The summed E-state index contributed by atoms with van der Waals surface area (Å²) < 4.78 is 5.07. The van der Waals surface area contributed by atoms with E-state index < -0.39 is 18.0 Å². The van der Waals surface area contributed by atoms with Gasteiger partial charge in [0.2, 0.25) is 0 Å². The lowest BCUT2D eigenvalue weighted by Gasteiger charge is -2.24. The molecule has 2 amide bonds. The van der Waals surface area contributed by atoms with Crippen LogP contribution < -0.4 is 10.6 Å². The first-order valence-electron chi connectivity index (χ1n) is 8.60. The van der Waals surface area contributed by atoms with Crippen molar-refractivity contribution in [1.29, 1.82) is 0 Å². The van der Waals surface area contributed by atoms with Gasteiger partial charge in [0.05, 0.1) is 10.6 Å². The molecule has 1 aliphatic rings. The smallest absolute Gasteiger partial charge is 0.326 e. The molecule has 26 heavy (non-hydrogen) atoms. The topological polar surface area (TPSA) is 84.5 Å². The van der Waals surface area contributed by atoms with Crippen molar-refractivity contribution in [2.24, 2.45) is 0 Å².